The van der Waals surface area contributed by atoms with E-state index in [1.54, 1.807) is 5.92 Å². The Morgan fingerprint density at radius 3 is 2.22 bits per heavy atom. The predicted molar refractivity (Wildman–Crippen MR) is 62.5 cm³/mol. The minimum absolute atomic E-state index is 0.0752. The maximum absolute atomic E-state index is 10.5. The highest BCUT2D eigenvalue weighted by Gasteiger charge is 2.03. The van der Waals surface area contributed by atoms with Crippen LogP contribution in [0.3, 0.4) is 0 Å². The molecule has 0 unspecified atom stereocenters. The zero-order valence-electron chi connectivity index (χ0n) is 9.83. The fourth-order valence-corrected chi connectivity index (χ4v) is 1.38. The summed E-state index contributed by atoms with van der Waals surface area (Å²) in [6.07, 6.45) is 4.99. The van der Waals surface area contributed by atoms with Gasteiger partial charge in [0.15, 0.2) is 0 Å². The Hall–Kier alpha value is -1.14. The van der Waals surface area contributed by atoms with Crippen molar-refractivity contribution in [2.45, 2.75) is 6.42 Å². The monoisotopic (exact) mass is 280 g/mol. The zero-order valence-corrected chi connectivity index (χ0v) is 10.6. The maximum Gasteiger partial charge on any atom is 0.384 e. The molecule has 0 rings (SSSR count). The highest BCUT2D eigenvalue weighted by molar-refractivity contribution is 7.85. The molecule has 8 heteroatoms. The molecule has 0 amide bonds. The van der Waals surface area contributed by atoms with Crippen LogP contribution in [0, 0.1) is 12.3 Å². The molecule has 0 saturated carbocycles. The molecule has 1 N–H and O–H groups in total. The summed E-state index contributed by atoms with van der Waals surface area (Å²) in [5.41, 5.74) is 0. The van der Waals surface area contributed by atoms with Gasteiger partial charge in [0.25, 0.3) is 10.1 Å². The van der Waals surface area contributed by atoms with Crippen LogP contribution in [0.5, 0.6) is 0 Å². The van der Waals surface area contributed by atoms with Gasteiger partial charge >= 0.3 is 5.97 Å². The summed E-state index contributed by atoms with van der Waals surface area (Å²) in [4.78, 5) is 10.5. The van der Waals surface area contributed by atoms with Gasteiger partial charge < -0.3 is 14.2 Å². The van der Waals surface area contributed by atoms with Gasteiger partial charge in [-0.2, -0.15) is 8.42 Å². The number of hydrogen-bond donors (Lipinski definition) is 1. The minimum Gasteiger partial charge on any atom is -0.454 e. The lowest BCUT2D eigenvalue weighted by Gasteiger charge is -2.05. The van der Waals surface area contributed by atoms with Crippen molar-refractivity contribution in [2.24, 2.45) is 0 Å². The Bertz CT molecular complexity index is 368. The lowest BCUT2D eigenvalue weighted by molar-refractivity contribution is -0.138. The third kappa shape index (κ3) is 12.9. The molecule has 0 aromatic heterocycles. The van der Waals surface area contributed by atoms with Crippen LogP contribution in [0.4, 0.5) is 0 Å². The molecular formula is C10H16O7S. The Kier molecular flexibility index (Phi) is 9.22. The number of terminal acetylenes is 1. The number of esters is 1. The van der Waals surface area contributed by atoms with E-state index in [2.05, 4.69) is 4.74 Å². The van der Waals surface area contributed by atoms with E-state index in [0.717, 1.165) is 0 Å². The van der Waals surface area contributed by atoms with E-state index in [0.29, 0.717) is 6.61 Å². The van der Waals surface area contributed by atoms with Crippen LogP contribution >= 0.6 is 0 Å². The topological polar surface area (TPSA) is 99.1 Å². The summed E-state index contributed by atoms with van der Waals surface area (Å²) in [6.45, 7) is 1.08. The molecule has 18 heavy (non-hydrogen) atoms. The van der Waals surface area contributed by atoms with Gasteiger partial charge in [0, 0.05) is 12.5 Å². The second-order valence-electron chi connectivity index (χ2n) is 3.14. The van der Waals surface area contributed by atoms with Crippen LogP contribution in [0.1, 0.15) is 6.42 Å². The van der Waals surface area contributed by atoms with Crippen LogP contribution in [0.2, 0.25) is 0 Å². The fraction of sp³-hybridized carbons (Fsp3) is 0.700. The van der Waals surface area contributed by atoms with Gasteiger partial charge in [0.1, 0.15) is 6.61 Å². The third-order valence-electron chi connectivity index (χ3n) is 1.64. The normalized spacial score (nSPS) is 10.9. The highest BCUT2D eigenvalue weighted by atomic mass is 32.2. The van der Waals surface area contributed by atoms with Crippen molar-refractivity contribution in [1.29, 1.82) is 0 Å². The molecule has 104 valence electrons. The third-order valence-corrected chi connectivity index (χ3v) is 2.45. The lowest BCUT2D eigenvalue weighted by atomic mass is 10.5. The molecule has 0 aliphatic heterocycles. The highest BCUT2D eigenvalue weighted by Crippen LogP contribution is 1.90. The van der Waals surface area contributed by atoms with Crippen molar-refractivity contribution in [3.05, 3.63) is 0 Å². The van der Waals surface area contributed by atoms with E-state index in [1.165, 1.54) is 0 Å². The Labute approximate surface area is 106 Å². The van der Waals surface area contributed by atoms with Crippen LogP contribution in [0.15, 0.2) is 0 Å². The van der Waals surface area contributed by atoms with Gasteiger partial charge in [0.2, 0.25) is 0 Å². The second-order valence-corrected chi connectivity index (χ2v) is 4.72. The minimum atomic E-state index is -3.92. The number of carbonyl (C=O) groups is 1. The van der Waals surface area contributed by atoms with Crippen molar-refractivity contribution < 1.29 is 32.0 Å². The van der Waals surface area contributed by atoms with Gasteiger partial charge in [-0.3, -0.25) is 4.55 Å². The van der Waals surface area contributed by atoms with E-state index >= 15 is 0 Å². The molecule has 0 radical (unpaired) electrons. The van der Waals surface area contributed by atoms with Gasteiger partial charge in [-0.1, -0.05) is 0 Å². The average Bonchev–Trinajstić information content (AvgIpc) is 2.29. The molecule has 0 aromatic rings. The van der Waals surface area contributed by atoms with E-state index in [4.69, 9.17) is 20.4 Å². The predicted octanol–water partition coefficient (Wildman–Crippen LogP) is -0.526. The van der Waals surface area contributed by atoms with Crippen LogP contribution in [-0.2, 0) is 29.1 Å². The van der Waals surface area contributed by atoms with Crippen molar-refractivity contribution in [3.63, 3.8) is 0 Å². The standard InChI is InChI=1S/C10H16O7S/c1-2-10(11)17-8-7-16-6-5-15-4-3-9-18(12,13)14/h1H,3-9H2,(H,12,13,14). The van der Waals surface area contributed by atoms with Crippen molar-refractivity contribution in [3.8, 4) is 12.3 Å². The van der Waals surface area contributed by atoms with Gasteiger partial charge in [-0.05, 0) is 6.42 Å². The molecule has 0 heterocycles. The number of rotatable bonds is 10. The molecule has 0 atom stereocenters. The first kappa shape index (κ1) is 16.9. The van der Waals surface area contributed by atoms with Crippen LogP contribution < -0.4 is 0 Å². The number of carbonyl (C=O) groups excluding carboxylic acids is 1. The quantitative estimate of drug-likeness (QED) is 0.189. The molecule has 7 nitrogen and oxygen atoms in total. The first-order valence-corrected chi connectivity index (χ1v) is 6.80. The second kappa shape index (κ2) is 9.85. The van der Waals surface area contributed by atoms with Crippen LogP contribution in [-0.4, -0.2) is 57.7 Å². The summed E-state index contributed by atoms with van der Waals surface area (Å²) in [6, 6.07) is 0. The van der Waals surface area contributed by atoms with Crippen molar-refractivity contribution in [1.82, 2.24) is 0 Å². The lowest BCUT2D eigenvalue weighted by Crippen LogP contribution is -2.13. The van der Waals surface area contributed by atoms with E-state index < -0.39 is 16.1 Å². The Morgan fingerprint density at radius 1 is 1.11 bits per heavy atom. The van der Waals surface area contributed by atoms with E-state index in [-0.39, 0.29) is 38.6 Å². The summed E-state index contributed by atoms with van der Waals surface area (Å²) in [5.74, 6) is 0.732. The maximum atomic E-state index is 10.5. The van der Waals surface area contributed by atoms with E-state index in [9.17, 15) is 13.2 Å². The molecule has 0 aliphatic carbocycles. The Morgan fingerprint density at radius 2 is 1.67 bits per heavy atom. The summed E-state index contributed by atoms with van der Waals surface area (Å²) >= 11 is 0. The molecule has 0 aliphatic rings. The molecular weight excluding hydrogens is 264 g/mol. The number of hydrogen-bond acceptors (Lipinski definition) is 6. The van der Waals surface area contributed by atoms with Gasteiger partial charge in [0.05, 0.1) is 25.6 Å². The largest absolute Gasteiger partial charge is 0.454 e. The smallest absolute Gasteiger partial charge is 0.384 e. The van der Waals surface area contributed by atoms with Crippen molar-refractivity contribution in [2.75, 3.05) is 38.8 Å². The summed E-state index contributed by atoms with van der Waals surface area (Å²) in [7, 11) is -3.92. The van der Waals surface area contributed by atoms with Gasteiger partial charge in [-0.15, -0.1) is 6.42 Å². The van der Waals surface area contributed by atoms with E-state index in [1.807, 2.05) is 0 Å². The SMILES string of the molecule is C#CC(=O)OCCOCCOCCCS(=O)(=O)O. The number of ether oxygens (including phenoxy) is 3. The molecule has 0 aromatic carbocycles. The summed E-state index contributed by atoms with van der Waals surface area (Å²) in [5, 5.41) is 0. The molecule has 0 bridgehead atoms. The summed E-state index contributed by atoms with van der Waals surface area (Å²) < 4.78 is 43.7. The van der Waals surface area contributed by atoms with Crippen LogP contribution in [0.25, 0.3) is 0 Å². The first-order valence-electron chi connectivity index (χ1n) is 5.19. The molecule has 0 spiro atoms. The zero-order chi connectivity index (χ0) is 13.9. The molecule has 0 fully saturated rings. The Balaban J connectivity index is 3.18. The average molecular weight is 280 g/mol. The van der Waals surface area contributed by atoms with Gasteiger partial charge in [-0.25, -0.2) is 4.79 Å². The fourth-order valence-electron chi connectivity index (χ4n) is 0.900. The molecule has 0 saturated heterocycles. The van der Waals surface area contributed by atoms with Crippen molar-refractivity contribution >= 4 is 16.1 Å². The first-order chi connectivity index (χ1) is 8.45.